The summed E-state index contributed by atoms with van der Waals surface area (Å²) in [4.78, 5) is 0. The fraction of sp³-hybridized carbons (Fsp3) is 1.00. The first kappa shape index (κ1) is 7.52. The summed E-state index contributed by atoms with van der Waals surface area (Å²) in [7, 11) is -2.89. The summed E-state index contributed by atoms with van der Waals surface area (Å²) in [5.41, 5.74) is 5.59. The Morgan fingerprint density at radius 1 is 1.45 bits per heavy atom. The molecule has 1 unspecified atom stereocenters. The largest absolute Gasteiger partial charge is 0.327 e. The highest BCUT2D eigenvalue weighted by atomic mass is 32.2. The van der Waals surface area contributed by atoms with Gasteiger partial charge in [0, 0.05) is 19.1 Å². The number of nitrogens with one attached hydrogen (secondary N) is 1. The van der Waals surface area contributed by atoms with E-state index >= 15 is 0 Å². The van der Waals surface area contributed by atoms with Gasteiger partial charge in [-0.15, -0.1) is 0 Å². The molecule has 11 heavy (non-hydrogen) atoms. The highest BCUT2D eigenvalue weighted by Crippen LogP contribution is 2.34. The van der Waals surface area contributed by atoms with Gasteiger partial charge >= 0.3 is 0 Å². The number of hydrogen-bond donors (Lipinski definition) is 2. The highest BCUT2D eigenvalue weighted by Gasteiger charge is 2.54. The van der Waals surface area contributed by atoms with E-state index in [0.29, 0.717) is 19.5 Å². The molecule has 0 radical (unpaired) electrons. The molecule has 1 atom stereocenters. The van der Waals surface area contributed by atoms with Gasteiger partial charge in [0.1, 0.15) is 0 Å². The molecule has 0 bridgehead atoms. The van der Waals surface area contributed by atoms with E-state index in [1.165, 1.54) is 0 Å². The third-order valence-electron chi connectivity index (χ3n) is 2.62. The van der Waals surface area contributed by atoms with Crippen LogP contribution in [-0.4, -0.2) is 38.0 Å². The summed E-state index contributed by atoms with van der Waals surface area (Å²) in [6.07, 6.45) is 0.641. The van der Waals surface area contributed by atoms with Gasteiger partial charge in [-0.1, -0.05) is 0 Å². The molecule has 0 amide bonds. The van der Waals surface area contributed by atoms with Gasteiger partial charge in [-0.25, -0.2) is 8.42 Å². The van der Waals surface area contributed by atoms with Gasteiger partial charge in [0.05, 0.1) is 10.5 Å². The minimum Gasteiger partial charge on any atom is -0.327 e. The summed E-state index contributed by atoms with van der Waals surface area (Å²) in [6, 6.07) is -0.137. The van der Waals surface area contributed by atoms with Gasteiger partial charge in [0.25, 0.3) is 0 Å². The smallest absolute Gasteiger partial charge is 0.160 e. The second-order valence-electron chi connectivity index (χ2n) is 3.53. The standard InChI is InChI=1S/C6H12N2O2S/c7-5-1-6(3-8-4-6)11(9,10)2-5/h5,8H,1-4,7H2. The maximum absolute atomic E-state index is 11.5. The molecule has 0 aliphatic carbocycles. The Kier molecular flexibility index (Phi) is 1.34. The minimum absolute atomic E-state index is 0.137. The van der Waals surface area contributed by atoms with Crippen LogP contribution in [-0.2, 0) is 9.84 Å². The molecule has 64 valence electrons. The van der Waals surface area contributed by atoms with E-state index in [4.69, 9.17) is 5.73 Å². The Labute approximate surface area is 66.1 Å². The van der Waals surface area contributed by atoms with Crippen molar-refractivity contribution in [3.63, 3.8) is 0 Å². The first-order chi connectivity index (χ1) is 5.06. The van der Waals surface area contributed by atoms with Crippen molar-refractivity contribution in [2.24, 2.45) is 5.73 Å². The molecule has 0 saturated carbocycles. The second-order valence-corrected chi connectivity index (χ2v) is 5.96. The molecular weight excluding hydrogens is 164 g/mol. The maximum atomic E-state index is 11.5. The van der Waals surface area contributed by atoms with Crippen LogP contribution in [0.1, 0.15) is 6.42 Å². The van der Waals surface area contributed by atoms with E-state index in [0.717, 1.165) is 0 Å². The topological polar surface area (TPSA) is 72.2 Å². The molecule has 3 N–H and O–H groups in total. The monoisotopic (exact) mass is 176 g/mol. The predicted octanol–water partition coefficient (Wildman–Crippen LogP) is -1.53. The van der Waals surface area contributed by atoms with Crippen LogP contribution in [0.3, 0.4) is 0 Å². The van der Waals surface area contributed by atoms with Crippen LogP contribution in [0.15, 0.2) is 0 Å². The van der Waals surface area contributed by atoms with Gasteiger partial charge in [-0.05, 0) is 6.42 Å². The first-order valence-corrected chi connectivity index (χ1v) is 5.40. The van der Waals surface area contributed by atoms with Crippen molar-refractivity contribution >= 4 is 9.84 Å². The third kappa shape index (κ3) is 0.847. The fourth-order valence-electron chi connectivity index (χ4n) is 1.89. The quantitative estimate of drug-likeness (QED) is 0.470. The van der Waals surface area contributed by atoms with Crippen molar-refractivity contribution in [1.82, 2.24) is 5.32 Å². The van der Waals surface area contributed by atoms with Crippen molar-refractivity contribution in [2.75, 3.05) is 18.8 Å². The second kappa shape index (κ2) is 1.97. The summed E-state index contributed by atoms with van der Waals surface area (Å²) in [5, 5.41) is 2.99. The maximum Gasteiger partial charge on any atom is 0.160 e. The molecule has 0 aromatic rings. The average molecular weight is 176 g/mol. The first-order valence-electron chi connectivity index (χ1n) is 3.74. The normalized spacial score (nSPS) is 38.8. The lowest BCUT2D eigenvalue weighted by Crippen LogP contribution is -2.62. The van der Waals surface area contributed by atoms with Gasteiger partial charge in [-0.2, -0.15) is 0 Å². The highest BCUT2D eigenvalue weighted by molar-refractivity contribution is 7.93. The number of rotatable bonds is 0. The fourth-order valence-corrected chi connectivity index (χ4v) is 4.04. The molecule has 2 rings (SSSR count). The van der Waals surface area contributed by atoms with E-state index in [1.807, 2.05) is 0 Å². The Morgan fingerprint density at radius 3 is 2.27 bits per heavy atom. The third-order valence-corrected chi connectivity index (χ3v) is 5.26. The molecular formula is C6H12N2O2S. The Balaban J connectivity index is 2.35. The Hall–Kier alpha value is -0.130. The number of sulfone groups is 1. The van der Waals surface area contributed by atoms with Crippen molar-refractivity contribution in [3.05, 3.63) is 0 Å². The van der Waals surface area contributed by atoms with Gasteiger partial charge in [-0.3, -0.25) is 0 Å². The van der Waals surface area contributed by atoms with E-state index in [-0.39, 0.29) is 11.8 Å². The van der Waals surface area contributed by atoms with Crippen LogP contribution in [0.5, 0.6) is 0 Å². The van der Waals surface area contributed by atoms with Gasteiger partial charge < -0.3 is 11.1 Å². The molecule has 2 aliphatic heterocycles. The molecule has 0 aromatic carbocycles. The van der Waals surface area contributed by atoms with Crippen LogP contribution in [0.25, 0.3) is 0 Å². The Bertz CT molecular complexity index is 268. The average Bonchev–Trinajstić information content (AvgIpc) is 1.98. The SMILES string of the molecule is NC1CC2(CNC2)S(=O)(=O)C1. The van der Waals surface area contributed by atoms with E-state index in [2.05, 4.69) is 5.32 Å². The van der Waals surface area contributed by atoms with Crippen LogP contribution < -0.4 is 11.1 Å². The van der Waals surface area contributed by atoms with Gasteiger partial charge in [0.15, 0.2) is 9.84 Å². The predicted molar refractivity (Wildman–Crippen MR) is 42.0 cm³/mol. The van der Waals surface area contributed by atoms with E-state index in [9.17, 15) is 8.42 Å². The van der Waals surface area contributed by atoms with Crippen molar-refractivity contribution < 1.29 is 8.42 Å². The van der Waals surface area contributed by atoms with Crippen LogP contribution >= 0.6 is 0 Å². The van der Waals surface area contributed by atoms with Gasteiger partial charge in [0.2, 0.25) is 0 Å². The molecule has 4 nitrogen and oxygen atoms in total. The Morgan fingerprint density at radius 2 is 2.09 bits per heavy atom. The molecule has 2 aliphatic rings. The summed E-state index contributed by atoms with van der Waals surface area (Å²) in [6.45, 7) is 1.20. The lowest BCUT2D eigenvalue weighted by Gasteiger charge is -2.37. The summed E-state index contributed by atoms with van der Waals surface area (Å²) >= 11 is 0. The lowest BCUT2D eigenvalue weighted by molar-refractivity contribution is 0.353. The molecule has 2 saturated heterocycles. The zero-order valence-electron chi connectivity index (χ0n) is 6.21. The molecule has 2 fully saturated rings. The van der Waals surface area contributed by atoms with Crippen molar-refractivity contribution in [2.45, 2.75) is 17.2 Å². The zero-order valence-corrected chi connectivity index (χ0v) is 7.02. The lowest BCUT2D eigenvalue weighted by atomic mass is 9.95. The number of nitrogens with two attached hydrogens (primary N) is 1. The molecule has 2 heterocycles. The molecule has 1 spiro atoms. The zero-order chi connectivity index (χ0) is 8.11. The van der Waals surface area contributed by atoms with Crippen LogP contribution in [0, 0.1) is 0 Å². The van der Waals surface area contributed by atoms with Crippen LogP contribution in [0.2, 0.25) is 0 Å². The van der Waals surface area contributed by atoms with Crippen molar-refractivity contribution in [1.29, 1.82) is 0 Å². The van der Waals surface area contributed by atoms with E-state index in [1.54, 1.807) is 0 Å². The molecule has 5 heteroatoms. The molecule has 0 aromatic heterocycles. The van der Waals surface area contributed by atoms with E-state index < -0.39 is 14.6 Å². The minimum atomic E-state index is -2.89. The van der Waals surface area contributed by atoms with Crippen molar-refractivity contribution in [3.8, 4) is 0 Å². The number of hydrogen-bond acceptors (Lipinski definition) is 4. The van der Waals surface area contributed by atoms with Crippen LogP contribution in [0.4, 0.5) is 0 Å². The summed E-state index contributed by atoms with van der Waals surface area (Å²) < 4.78 is 22.4. The summed E-state index contributed by atoms with van der Waals surface area (Å²) in [5.74, 6) is 0.175.